The number of rotatable bonds is 4. The van der Waals surface area contributed by atoms with Crippen LogP contribution in [-0.2, 0) is 0 Å². The van der Waals surface area contributed by atoms with Crippen LogP contribution in [0.4, 0.5) is 11.5 Å². The van der Waals surface area contributed by atoms with Gasteiger partial charge in [0.05, 0.1) is 5.69 Å². The SMILES string of the molecule is Cc1ccc(C)c(NN=C(N=Nc2ccccn2)c2ccccc2)c1. The van der Waals surface area contributed by atoms with E-state index in [1.165, 1.54) is 5.56 Å². The summed E-state index contributed by atoms with van der Waals surface area (Å²) in [5.74, 6) is 1.03. The van der Waals surface area contributed by atoms with Crippen LogP contribution in [0.5, 0.6) is 0 Å². The number of anilines is 1. The van der Waals surface area contributed by atoms with Gasteiger partial charge in [0.15, 0.2) is 5.82 Å². The van der Waals surface area contributed by atoms with E-state index < -0.39 is 0 Å². The molecule has 124 valence electrons. The Morgan fingerprint density at radius 2 is 1.72 bits per heavy atom. The van der Waals surface area contributed by atoms with Gasteiger partial charge in [0, 0.05) is 11.8 Å². The van der Waals surface area contributed by atoms with Crippen LogP contribution in [0.2, 0.25) is 0 Å². The normalized spacial score (nSPS) is 11.7. The van der Waals surface area contributed by atoms with Gasteiger partial charge in [0.1, 0.15) is 0 Å². The Labute approximate surface area is 147 Å². The number of hydrazone groups is 1. The number of aromatic nitrogens is 1. The number of nitrogens with zero attached hydrogens (tertiary/aromatic N) is 4. The molecule has 1 heterocycles. The fourth-order valence-electron chi connectivity index (χ4n) is 2.21. The molecule has 1 aromatic heterocycles. The summed E-state index contributed by atoms with van der Waals surface area (Å²) >= 11 is 0. The summed E-state index contributed by atoms with van der Waals surface area (Å²) in [6, 6.07) is 21.4. The Morgan fingerprint density at radius 3 is 2.48 bits per heavy atom. The van der Waals surface area contributed by atoms with Crippen molar-refractivity contribution in [3.8, 4) is 0 Å². The molecule has 0 aliphatic carbocycles. The summed E-state index contributed by atoms with van der Waals surface area (Å²) < 4.78 is 0. The number of hydrogen-bond donors (Lipinski definition) is 1. The van der Waals surface area contributed by atoms with Crippen molar-refractivity contribution in [3.63, 3.8) is 0 Å². The molecule has 0 aliphatic rings. The fraction of sp³-hybridized carbons (Fsp3) is 0.100. The molecule has 2 aromatic carbocycles. The van der Waals surface area contributed by atoms with Crippen LogP contribution >= 0.6 is 0 Å². The predicted octanol–water partition coefficient (Wildman–Crippen LogP) is 5.26. The first-order valence-corrected chi connectivity index (χ1v) is 8.01. The molecule has 3 aromatic rings. The molecule has 25 heavy (non-hydrogen) atoms. The molecule has 0 aliphatic heterocycles. The van der Waals surface area contributed by atoms with E-state index in [1.807, 2.05) is 56.3 Å². The third kappa shape index (κ3) is 4.57. The molecule has 0 radical (unpaired) electrons. The predicted molar refractivity (Wildman–Crippen MR) is 101 cm³/mol. The Bertz CT molecular complexity index is 886. The van der Waals surface area contributed by atoms with Crippen molar-refractivity contribution in [3.05, 3.63) is 89.6 Å². The first-order chi connectivity index (χ1) is 12.2. The number of nitrogens with one attached hydrogen (secondary N) is 1. The van der Waals surface area contributed by atoms with Crippen LogP contribution in [0.3, 0.4) is 0 Å². The summed E-state index contributed by atoms with van der Waals surface area (Å²) in [4.78, 5) is 4.15. The lowest BCUT2D eigenvalue weighted by Crippen LogP contribution is -2.02. The van der Waals surface area contributed by atoms with Crippen LogP contribution in [0.1, 0.15) is 16.7 Å². The van der Waals surface area contributed by atoms with Crippen LogP contribution in [0, 0.1) is 13.8 Å². The molecule has 0 bridgehead atoms. The largest absolute Gasteiger partial charge is 0.276 e. The number of aryl methyl sites for hydroxylation is 2. The third-order valence-corrected chi connectivity index (χ3v) is 3.60. The van der Waals surface area contributed by atoms with E-state index in [0.717, 1.165) is 16.8 Å². The average molecular weight is 329 g/mol. The van der Waals surface area contributed by atoms with Gasteiger partial charge in [-0.2, -0.15) is 5.10 Å². The zero-order chi connectivity index (χ0) is 17.5. The van der Waals surface area contributed by atoms with Crippen molar-refractivity contribution < 1.29 is 0 Å². The fourth-order valence-corrected chi connectivity index (χ4v) is 2.21. The quantitative estimate of drug-likeness (QED) is 0.307. The molecular formula is C20H19N5. The molecule has 5 nitrogen and oxygen atoms in total. The van der Waals surface area contributed by atoms with Gasteiger partial charge in [0.2, 0.25) is 5.84 Å². The van der Waals surface area contributed by atoms with Gasteiger partial charge in [-0.15, -0.1) is 10.2 Å². The highest BCUT2D eigenvalue weighted by Gasteiger charge is 2.04. The maximum atomic E-state index is 4.46. The van der Waals surface area contributed by atoms with Crippen molar-refractivity contribution in [2.24, 2.45) is 15.3 Å². The number of pyridine rings is 1. The highest BCUT2D eigenvalue weighted by molar-refractivity contribution is 5.99. The second-order valence-electron chi connectivity index (χ2n) is 5.62. The zero-order valence-corrected chi connectivity index (χ0v) is 14.2. The molecule has 0 saturated heterocycles. The zero-order valence-electron chi connectivity index (χ0n) is 14.2. The van der Waals surface area contributed by atoms with Crippen LogP contribution in [-0.4, -0.2) is 10.8 Å². The third-order valence-electron chi connectivity index (χ3n) is 3.60. The van der Waals surface area contributed by atoms with E-state index in [2.05, 4.69) is 43.9 Å². The number of hydrogen-bond acceptors (Lipinski definition) is 4. The second kappa shape index (κ2) is 7.97. The minimum atomic E-state index is 0.493. The Hall–Kier alpha value is -3.34. The maximum Gasteiger partial charge on any atom is 0.201 e. The molecular weight excluding hydrogens is 310 g/mol. The van der Waals surface area contributed by atoms with Gasteiger partial charge >= 0.3 is 0 Å². The maximum absolute atomic E-state index is 4.46. The molecule has 1 N–H and O–H groups in total. The summed E-state index contributed by atoms with van der Waals surface area (Å²) in [5.41, 5.74) is 7.20. The van der Waals surface area contributed by atoms with Crippen molar-refractivity contribution in [1.29, 1.82) is 0 Å². The van der Waals surface area contributed by atoms with Crippen molar-refractivity contribution >= 4 is 17.3 Å². The minimum Gasteiger partial charge on any atom is -0.276 e. The molecule has 0 amide bonds. The second-order valence-corrected chi connectivity index (χ2v) is 5.62. The van der Waals surface area contributed by atoms with Crippen LogP contribution in [0.15, 0.2) is 88.3 Å². The molecule has 0 saturated carbocycles. The summed E-state index contributed by atoms with van der Waals surface area (Å²) in [5, 5.41) is 12.9. The summed E-state index contributed by atoms with van der Waals surface area (Å²) in [6.45, 7) is 4.09. The lowest BCUT2D eigenvalue weighted by Gasteiger charge is -2.07. The van der Waals surface area contributed by atoms with Gasteiger partial charge in [-0.05, 0) is 43.2 Å². The minimum absolute atomic E-state index is 0.493. The standard InChI is InChI=1S/C20H19N5/c1-15-11-12-16(2)18(14-15)22-24-20(17-8-4-3-5-9-17)25-23-19-10-6-7-13-21-19/h3-14,22H,1-2H3. The molecule has 5 heteroatoms. The Morgan fingerprint density at radius 1 is 0.920 bits per heavy atom. The lowest BCUT2D eigenvalue weighted by molar-refractivity contribution is 1.16. The van der Waals surface area contributed by atoms with Crippen molar-refractivity contribution in [2.75, 3.05) is 5.43 Å². The van der Waals surface area contributed by atoms with Gasteiger partial charge in [-0.3, -0.25) is 5.43 Å². The lowest BCUT2D eigenvalue weighted by atomic mass is 10.1. The summed E-state index contributed by atoms with van der Waals surface area (Å²) in [6.07, 6.45) is 1.68. The Kier molecular flexibility index (Phi) is 5.26. The van der Waals surface area contributed by atoms with Gasteiger partial charge in [-0.1, -0.05) is 48.5 Å². The van der Waals surface area contributed by atoms with Crippen molar-refractivity contribution in [2.45, 2.75) is 13.8 Å². The number of benzene rings is 2. The van der Waals surface area contributed by atoms with E-state index in [4.69, 9.17) is 0 Å². The highest BCUT2D eigenvalue weighted by atomic mass is 15.3. The number of amidine groups is 1. The summed E-state index contributed by atoms with van der Waals surface area (Å²) in [7, 11) is 0. The topological polar surface area (TPSA) is 62.0 Å². The molecule has 0 fully saturated rings. The number of azo groups is 1. The average Bonchev–Trinajstić information content (AvgIpc) is 2.66. The first-order valence-electron chi connectivity index (χ1n) is 8.01. The van der Waals surface area contributed by atoms with E-state index in [0.29, 0.717) is 11.7 Å². The van der Waals surface area contributed by atoms with E-state index in [-0.39, 0.29) is 0 Å². The van der Waals surface area contributed by atoms with Gasteiger partial charge < -0.3 is 0 Å². The van der Waals surface area contributed by atoms with Crippen LogP contribution < -0.4 is 5.43 Å². The molecule has 3 rings (SSSR count). The molecule has 0 unspecified atom stereocenters. The van der Waals surface area contributed by atoms with Gasteiger partial charge in [-0.25, -0.2) is 4.98 Å². The van der Waals surface area contributed by atoms with Crippen LogP contribution in [0.25, 0.3) is 0 Å². The molecule has 0 atom stereocenters. The Balaban J connectivity index is 1.91. The highest BCUT2D eigenvalue weighted by Crippen LogP contribution is 2.17. The van der Waals surface area contributed by atoms with Crippen molar-refractivity contribution in [1.82, 2.24) is 4.98 Å². The smallest absolute Gasteiger partial charge is 0.201 e. The molecule has 0 spiro atoms. The monoisotopic (exact) mass is 329 g/mol. The first kappa shape index (κ1) is 16.5. The van der Waals surface area contributed by atoms with E-state index in [9.17, 15) is 0 Å². The van der Waals surface area contributed by atoms with E-state index >= 15 is 0 Å². The van der Waals surface area contributed by atoms with E-state index in [1.54, 1.807) is 12.3 Å². The van der Waals surface area contributed by atoms with Gasteiger partial charge in [0.25, 0.3) is 0 Å².